The fourth-order valence-corrected chi connectivity index (χ4v) is 9.22. The number of anilines is 6. The molecule has 1 fully saturated rings. The monoisotopic (exact) mass is 710 g/mol. The van der Waals surface area contributed by atoms with Gasteiger partial charge in [0.15, 0.2) is 0 Å². The van der Waals surface area contributed by atoms with E-state index in [4.69, 9.17) is 0 Å². The molecule has 7 rings (SSSR count). The van der Waals surface area contributed by atoms with Crippen molar-refractivity contribution in [1.82, 2.24) is 0 Å². The van der Waals surface area contributed by atoms with Crippen LogP contribution in [-0.2, 0) is 5.41 Å². The normalized spacial score (nSPS) is 13.9. The molecule has 0 aromatic heterocycles. The molecule has 0 heterocycles. The van der Waals surface area contributed by atoms with Crippen LogP contribution >= 0.6 is 0 Å². The minimum absolute atomic E-state index is 0.0190. The largest absolute Gasteiger partial charge is 0.310 e. The molecular weight excluding hydrogens is 653 g/mol. The summed E-state index contributed by atoms with van der Waals surface area (Å²) < 4.78 is 0. The Morgan fingerprint density at radius 3 is 1.04 bits per heavy atom. The summed E-state index contributed by atoms with van der Waals surface area (Å²) in [6.45, 7) is 22.3. The Hall–Kier alpha value is -5.08. The molecule has 1 aliphatic carbocycles. The second-order valence-corrected chi connectivity index (χ2v) is 16.3. The zero-order valence-electron chi connectivity index (χ0n) is 34.3. The Morgan fingerprint density at radius 1 is 0.352 bits per heavy atom. The number of rotatable bonds is 8. The average molecular weight is 711 g/mol. The summed E-state index contributed by atoms with van der Waals surface area (Å²) in [6, 6.07) is 42.0. The predicted octanol–water partition coefficient (Wildman–Crippen LogP) is 15.0. The maximum absolute atomic E-state index is 2.50. The molecule has 1 aliphatic rings. The highest BCUT2D eigenvalue weighted by Crippen LogP contribution is 2.48. The van der Waals surface area contributed by atoms with E-state index in [2.05, 4.69) is 188 Å². The lowest BCUT2D eigenvalue weighted by Crippen LogP contribution is -2.30. The van der Waals surface area contributed by atoms with Crippen LogP contribution in [-0.4, -0.2) is 0 Å². The first-order chi connectivity index (χ1) is 25.9. The van der Waals surface area contributed by atoms with Gasteiger partial charge in [0.25, 0.3) is 0 Å². The average Bonchev–Trinajstić information content (AvgIpc) is 3.15. The maximum Gasteiger partial charge on any atom is 0.0520 e. The molecular formula is C52H58N2. The van der Waals surface area contributed by atoms with Gasteiger partial charge in [-0.1, -0.05) is 92.1 Å². The minimum atomic E-state index is -0.0190. The fourth-order valence-electron chi connectivity index (χ4n) is 9.22. The van der Waals surface area contributed by atoms with Crippen molar-refractivity contribution in [3.63, 3.8) is 0 Å². The van der Waals surface area contributed by atoms with Gasteiger partial charge in [-0.25, -0.2) is 0 Å². The highest BCUT2D eigenvalue weighted by molar-refractivity contribution is 5.84. The highest BCUT2D eigenvalue weighted by Gasteiger charge is 2.36. The third kappa shape index (κ3) is 6.77. The Labute approximate surface area is 325 Å². The number of para-hydroxylation sites is 2. The Balaban J connectivity index is 1.32. The van der Waals surface area contributed by atoms with Gasteiger partial charge in [-0.2, -0.15) is 0 Å². The van der Waals surface area contributed by atoms with Crippen LogP contribution in [0.3, 0.4) is 0 Å². The number of aryl methyl sites for hydroxylation is 10. The molecule has 0 bridgehead atoms. The molecule has 0 unspecified atom stereocenters. The van der Waals surface area contributed by atoms with Crippen molar-refractivity contribution in [2.75, 3.05) is 9.80 Å². The fraction of sp³-hybridized carbons (Fsp3) is 0.308. The minimum Gasteiger partial charge on any atom is -0.310 e. The van der Waals surface area contributed by atoms with Gasteiger partial charge in [-0.15, -0.1) is 0 Å². The summed E-state index contributed by atoms with van der Waals surface area (Å²) in [5, 5.41) is 0. The summed E-state index contributed by atoms with van der Waals surface area (Å²) in [5.74, 6) is 0. The molecule has 0 saturated heterocycles. The summed E-state index contributed by atoms with van der Waals surface area (Å²) in [4.78, 5) is 4.99. The third-order valence-corrected chi connectivity index (χ3v) is 12.5. The van der Waals surface area contributed by atoms with Crippen LogP contribution in [0.2, 0.25) is 0 Å². The van der Waals surface area contributed by atoms with Crippen LogP contribution in [0.15, 0.2) is 109 Å². The lowest BCUT2D eigenvalue weighted by atomic mass is 9.65. The van der Waals surface area contributed by atoms with E-state index >= 15 is 0 Å². The molecule has 6 aromatic rings. The van der Waals surface area contributed by atoms with E-state index in [1.165, 1.54) is 133 Å². The summed E-state index contributed by atoms with van der Waals surface area (Å²) in [6.07, 6.45) is 6.13. The lowest BCUT2D eigenvalue weighted by Gasteiger charge is -2.39. The lowest BCUT2D eigenvalue weighted by molar-refractivity contribution is 0.346. The van der Waals surface area contributed by atoms with E-state index in [1.54, 1.807) is 0 Å². The van der Waals surface area contributed by atoms with Crippen molar-refractivity contribution >= 4 is 34.1 Å². The summed E-state index contributed by atoms with van der Waals surface area (Å²) in [7, 11) is 0. The maximum atomic E-state index is 2.50. The van der Waals surface area contributed by atoms with Crippen LogP contribution in [0.4, 0.5) is 34.1 Å². The number of nitrogens with zero attached hydrogens (tertiary/aromatic N) is 2. The molecule has 54 heavy (non-hydrogen) atoms. The SMILES string of the molecule is Cc1cc(C)c(N(c2ccc(C3(c4ccc(N(c5cc(C)c(C)cc5C)c5c(C)cccc5C)cc4)CCCCC3)cc2)c2c(C)cccc2C)cc1C. The first-order valence-corrected chi connectivity index (χ1v) is 20.0. The first kappa shape index (κ1) is 37.2. The van der Waals surface area contributed by atoms with Crippen molar-refractivity contribution in [1.29, 1.82) is 0 Å². The van der Waals surface area contributed by atoms with Crippen LogP contribution in [0, 0.1) is 69.2 Å². The van der Waals surface area contributed by atoms with Gasteiger partial charge in [0, 0.05) is 28.2 Å². The Bertz CT molecular complexity index is 2100. The van der Waals surface area contributed by atoms with Crippen LogP contribution < -0.4 is 9.80 Å². The Kier molecular flexibility index (Phi) is 10.3. The van der Waals surface area contributed by atoms with Crippen molar-refractivity contribution in [2.24, 2.45) is 0 Å². The molecule has 2 heteroatoms. The molecule has 0 aliphatic heterocycles. The number of benzene rings is 6. The molecule has 1 saturated carbocycles. The van der Waals surface area contributed by atoms with Gasteiger partial charge in [0.1, 0.15) is 0 Å². The zero-order chi connectivity index (χ0) is 38.3. The zero-order valence-corrected chi connectivity index (χ0v) is 34.3. The van der Waals surface area contributed by atoms with Gasteiger partial charge in [0.2, 0.25) is 0 Å². The van der Waals surface area contributed by atoms with Crippen molar-refractivity contribution in [2.45, 2.75) is 107 Å². The van der Waals surface area contributed by atoms with Crippen LogP contribution in [0.5, 0.6) is 0 Å². The predicted molar refractivity (Wildman–Crippen MR) is 233 cm³/mol. The second kappa shape index (κ2) is 15.0. The van der Waals surface area contributed by atoms with E-state index < -0.39 is 0 Å². The molecule has 6 aromatic carbocycles. The summed E-state index contributed by atoms with van der Waals surface area (Å²) >= 11 is 0. The number of hydrogen-bond donors (Lipinski definition) is 0. The van der Waals surface area contributed by atoms with Crippen molar-refractivity contribution in [3.05, 3.63) is 176 Å². The van der Waals surface area contributed by atoms with E-state index in [9.17, 15) is 0 Å². The van der Waals surface area contributed by atoms with Gasteiger partial charge < -0.3 is 9.80 Å². The molecule has 276 valence electrons. The summed E-state index contributed by atoms with van der Waals surface area (Å²) in [5.41, 5.74) is 23.3. The van der Waals surface area contributed by atoms with Gasteiger partial charge in [-0.3, -0.25) is 0 Å². The molecule has 2 nitrogen and oxygen atoms in total. The second-order valence-electron chi connectivity index (χ2n) is 16.3. The molecule has 0 spiro atoms. The van der Waals surface area contributed by atoms with Crippen LogP contribution in [0.1, 0.15) is 98.9 Å². The standard InChI is InChI=1S/C52H58N2/c1-34-16-14-17-35(2)50(34)53(48-32-40(7)38(5)30-42(48)9)46-24-20-44(21-25-46)52(28-12-11-13-29-52)45-22-26-47(27-23-45)54(51-36(3)18-15-19-37(51)4)49-33-41(8)39(6)31-43(49)10/h14-27,30-33H,11-13,28-29H2,1-10H3. The van der Waals surface area contributed by atoms with Crippen molar-refractivity contribution in [3.8, 4) is 0 Å². The third-order valence-electron chi connectivity index (χ3n) is 12.5. The molecule has 0 atom stereocenters. The van der Waals surface area contributed by atoms with Gasteiger partial charge in [0.05, 0.1) is 11.4 Å². The molecule has 0 amide bonds. The van der Waals surface area contributed by atoms with Crippen LogP contribution in [0.25, 0.3) is 0 Å². The van der Waals surface area contributed by atoms with Crippen molar-refractivity contribution < 1.29 is 0 Å². The van der Waals surface area contributed by atoms with E-state index in [0.29, 0.717) is 0 Å². The smallest absolute Gasteiger partial charge is 0.0520 e. The first-order valence-electron chi connectivity index (χ1n) is 20.0. The Morgan fingerprint density at radius 2 is 0.685 bits per heavy atom. The van der Waals surface area contributed by atoms with E-state index in [0.717, 1.165) is 0 Å². The van der Waals surface area contributed by atoms with Gasteiger partial charge >= 0.3 is 0 Å². The molecule has 0 radical (unpaired) electrons. The van der Waals surface area contributed by atoms with Gasteiger partial charge in [-0.05, 0) is 185 Å². The highest BCUT2D eigenvalue weighted by atomic mass is 15.2. The molecule has 0 N–H and O–H groups in total. The van der Waals surface area contributed by atoms with E-state index in [1.807, 2.05) is 0 Å². The topological polar surface area (TPSA) is 6.48 Å². The van der Waals surface area contributed by atoms with E-state index in [-0.39, 0.29) is 5.41 Å². The number of hydrogen-bond acceptors (Lipinski definition) is 2. The quantitative estimate of drug-likeness (QED) is 0.155.